The zero-order valence-electron chi connectivity index (χ0n) is 14.6. The van der Waals surface area contributed by atoms with Crippen molar-refractivity contribution in [1.29, 1.82) is 0 Å². The number of carboxylic acids is 1. The Bertz CT molecular complexity index is 749. The van der Waals surface area contributed by atoms with Gasteiger partial charge in [0.1, 0.15) is 5.69 Å². The molecule has 1 atom stereocenters. The zero-order valence-corrected chi connectivity index (χ0v) is 14.6. The Morgan fingerprint density at radius 3 is 2.62 bits per heavy atom. The Hall–Kier alpha value is -2.37. The Morgan fingerprint density at radius 2 is 2.04 bits per heavy atom. The van der Waals surface area contributed by atoms with E-state index in [0.717, 1.165) is 0 Å². The number of aryl methyl sites for hydroxylation is 1. The molecule has 2 aromatic heterocycles. The van der Waals surface area contributed by atoms with Gasteiger partial charge in [-0.05, 0) is 37.8 Å². The van der Waals surface area contributed by atoms with Gasteiger partial charge in [0.05, 0.1) is 12.3 Å². The van der Waals surface area contributed by atoms with Gasteiger partial charge in [0.25, 0.3) is 0 Å². The van der Waals surface area contributed by atoms with Gasteiger partial charge >= 0.3 is 5.97 Å². The minimum absolute atomic E-state index is 0.0105. The van der Waals surface area contributed by atoms with E-state index in [1.54, 1.807) is 17.5 Å². The van der Waals surface area contributed by atoms with E-state index >= 15 is 0 Å². The molecule has 0 bridgehead atoms. The summed E-state index contributed by atoms with van der Waals surface area (Å²) in [5, 5.41) is 9.05. The molecule has 2 aromatic rings. The standard InChI is InChI=1S/C18H24N2O4/c1-5-24-15-7-6-8-20-17(12(4)19-18(15)20)14(21)9-13(11(2)3)10-16(22)23/h6-8,11,13H,5,9-10H2,1-4H3,(H,22,23)/t13-/m0/s1. The van der Waals surface area contributed by atoms with Crippen LogP contribution >= 0.6 is 0 Å². The third kappa shape index (κ3) is 3.75. The second-order valence-corrected chi connectivity index (χ2v) is 6.27. The van der Waals surface area contributed by atoms with Crippen molar-refractivity contribution < 1.29 is 19.4 Å². The third-order valence-electron chi connectivity index (χ3n) is 4.18. The van der Waals surface area contributed by atoms with Crippen LogP contribution in [0.1, 0.15) is 49.8 Å². The Balaban J connectivity index is 2.37. The van der Waals surface area contributed by atoms with Gasteiger partial charge in [-0.2, -0.15) is 0 Å². The van der Waals surface area contributed by atoms with Gasteiger partial charge in [-0.3, -0.25) is 14.0 Å². The van der Waals surface area contributed by atoms with E-state index in [1.807, 2.05) is 32.9 Å². The minimum atomic E-state index is -0.880. The van der Waals surface area contributed by atoms with Gasteiger partial charge in [0.2, 0.25) is 0 Å². The molecule has 0 aliphatic rings. The molecule has 0 aliphatic carbocycles. The van der Waals surface area contributed by atoms with Gasteiger partial charge in [-0.1, -0.05) is 13.8 Å². The maximum atomic E-state index is 12.8. The number of imidazole rings is 1. The number of ketones is 1. The number of carboxylic acid groups (broad SMARTS) is 1. The fourth-order valence-electron chi connectivity index (χ4n) is 2.86. The van der Waals surface area contributed by atoms with Crippen LogP contribution in [0.25, 0.3) is 5.65 Å². The van der Waals surface area contributed by atoms with Gasteiger partial charge in [-0.25, -0.2) is 4.98 Å². The number of fused-ring (bicyclic) bond motifs is 1. The van der Waals surface area contributed by atoms with Crippen LogP contribution in [0, 0.1) is 18.8 Å². The predicted octanol–water partition coefficient (Wildman–Crippen LogP) is 3.36. The van der Waals surface area contributed by atoms with Gasteiger partial charge < -0.3 is 9.84 Å². The highest BCUT2D eigenvalue weighted by Gasteiger charge is 2.25. The van der Waals surface area contributed by atoms with Crippen molar-refractivity contribution in [2.75, 3.05) is 6.61 Å². The lowest BCUT2D eigenvalue weighted by Crippen LogP contribution is -2.19. The lowest BCUT2D eigenvalue weighted by Gasteiger charge is -2.18. The van der Waals surface area contributed by atoms with E-state index in [0.29, 0.717) is 29.4 Å². The number of hydrogen-bond donors (Lipinski definition) is 1. The highest BCUT2D eigenvalue weighted by molar-refractivity contribution is 5.97. The molecule has 0 aromatic carbocycles. The summed E-state index contributed by atoms with van der Waals surface area (Å²) < 4.78 is 7.30. The van der Waals surface area contributed by atoms with E-state index in [2.05, 4.69) is 4.98 Å². The molecule has 0 spiro atoms. The lowest BCUT2D eigenvalue weighted by atomic mass is 9.87. The fraction of sp³-hybridized carbons (Fsp3) is 0.500. The number of hydrogen-bond acceptors (Lipinski definition) is 4. The Kier molecular flexibility index (Phi) is 5.59. The van der Waals surface area contributed by atoms with Crippen LogP contribution in [-0.4, -0.2) is 32.9 Å². The van der Waals surface area contributed by atoms with Gasteiger partial charge in [-0.15, -0.1) is 0 Å². The van der Waals surface area contributed by atoms with Crippen molar-refractivity contribution in [3.8, 4) is 5.75 Å². The SMILES string of the molecule is CCOc1cccn2c(C(=O)C[C@@H](CC(=O)O)C(C)C)c(C)nc12. The molecule has 2 rings (SSSR count). The van der Waals surface area contributed by atoms with Crippen LogP contribution in [0.5, 0.6) is 5.75 Å². The molecule has 0 aliphatic heterocycles. The minimum Gasteiger partial charge on any atom is -0.490 e. The number of Topliss-reactive ketones (excluding diaryl/α,β-unsaturated/α-hetero) is 1. The van der Waals surface area contributed by atoms with Crippen LogP contribution in [-0.2, 0) is 4.79 Å². The number of nitrogens with zero attached hydrogens (tertiary/aromatic N) is 2. The zero-order chi connectivity index (χ0) is 17.9. The largest absolute Gasteiger partial charge is 0.490 e. The average molecular weight is 332 g/mol. The molecule has 1 N–H and O–H groups in total. The summed E-state index contributed by atoms with van der Waals surface area (Å²) in [4.78, 5) is 28.3. The van der Waals surface area contributed by atoms with Crippen LogP contribution in [0.4, 0.5) is 0 Å². The van der Waals surface area contributed by atoms with Crippen LogP contribution < -0.4 is 4.74 Å². The Labute approximate surface area is 141 Å². The predicted molar refractivity (Wildman–Crippen MR) is 90.6 cm³/mol. The number of carbonyl (C=O) groups is 2. The maximum Gasteiger partial charge on any atom is 0.303 e. The molecule has 2 heterocycles. The average Bonchev–Trinajstić information content (AvgIpc) is 2.83. The van der Waals surface area contributed by atoms with E-state index in [-0.39, 0.29) is 30.5 Å². The molecule has 130 valence electrons. The second kappa shape index (κ2) is 7.47. The number of rotatable bonds is 8. The van der Waals surface area contributed by atoms with Crippen molar-refractivity contribution >= 4 is 17.4 Å². The lowest BCUT2D eigenvalue weighted by molar-refractivity contribution is -0.138. The highest BCUT2D eigenvalue weighted by Crippen LogP contribution is 2.26. The smallest absolute Gasteiger partial charge is 0.303 e. The molecule has 24 heavy (non-hydrogen) atoms. The van der Waals surface area contributed by atoms with Gasteiger partial charge in [0, 0.05) is 19.0 Å². The molecular formula is C18H24N2O4. The van der Waals surface area contributed by atoms with Crippen LogP contribution in [0.2, 0.25) is 0 Å². The molecular weight excluding hydrogens is 308 g/mol. The number of pyridine rings is 1. The monoisotopic (exact) mass is 332 g/mol. The number of aliphatic carboxylic acids is 1. The van der Waals surface area contributed by atoms with Crippen molar-refractivity contribution in [1.82, 2.24) is 9.38 Å². The normalized spacial score (nSPS) is 12.5. The topological polar surface area (TPSA) is 80.9 Å². The molecule has 0 unspecified atom stereocenters. The first-order chi connectivity index (χ1) is 11.3. The Morgan fingerprint density at radius 1 is 1.33 bits per heavy atom. The van der Waals surface area contributed by atoms with Crippen molar-refractivity contribution in [3.05, 3.63) is 29.7 Å². The van der Waals surface area contributed by atoms with Crippen molar-refractivity contribution in [2.45, 2.75) is 40.5 Å². The van der Waals surface area contributed by atoms with E-state index < -0.39 is 5.97 Å². The maximum absolute atomic E-state index is 12.8. The molecule has 0 radical (unpaired) electrons. The van der Waals surface area contributed by atoms with Gasteiger partial charge in [0.15, 0.2) is 17.2 Å². The summed E-state index contributed by atoms with van der Waals surface area (Å²) in [6.45, 7) is 8.08. The van der Waals surface area contributed by atoms with Crippen molar-refractivity contribution in [2.24, 2.45) is 11.8 Å². The molecule has 0 amide bonds. The molecule has 6 nitrogen and oxygen atoms in total. The molecule has 0 fully saturated rings. The fourth-order valence-corrected chi connectivity index (χ4v) is 2.86. The molecule has 0 saturated heterocycles. The third-order valence-corrected chi connectivity index (χ3v) is 4.18. The van der Waals surface area contributed by atoms with Crippen molar-refractivity contribution in [3.63, 3.8) is 0 Å². The number of ether oxygens (including phenoxy) is 1. The molecule has 0 saturated carbocycles. The first kappa shape index (κ1) is 18.0. The summed E-state index contributed by atoms with van der Waals surface area (Å²) in [5.41, 5.74) is 1.74. The van der Waals surface area contributed by atoms with Crippen LogP contribution in [0.15, 0.2) is 18.3 Å². The summed E-state index contributed by atoms with van der Waals surface area (Å²) >= 11 is 0. The number of aromatic nitrogens is 2. The quantitative estimate of drug-likeness (QED) is 0.750. The first-order valence-electron chi connectivity index (χ1n) is 8.20. The van der Waals surface area contributed by atoms with E-state index in [4.69, 9.17) is 9.84 Å². The van der Waals surface area contributed by atoms with E-state index in [9.17, 15) is 9.59 Å². The van der Waals surface area contributed by atoms with Crippen LogP contribution in [0.3, 0.4) is 0 Å². The first-order valence-corrected chi connectivity index (χ1v) is 8.20. The highest BCUT2D eigenvalue weighted by atomic mass is 16.5. The molecule has 6 heteroatoms. The second-order valence-electron chi connectivity index (χ2n) is 6.27. The summed E-state index contributed by atoms with van der Waals surface area (Å²) in [7, 11) is 0. The van der Waals surface area contributed by atoms with E-state index in [1.165, 1.54) is 0 Å². The summed E-state index contributed by atoms with van der Waals surface area (Å²) in [6.07, 6.45) is 1.97. The number of carbonyl (C=O) groups excluding carboxylic acids is 1. The summed E-state index contributed by atoms with van der Waals surface area (Å²) in [5.74, 6) is -0.421. The summed E-state index contributed by atoms with van der Waals surface area (Å²) in [6, 6.07) is 3.63.